The fourth-order valence-corrected chi connectivity index (χ4v) is 3.23. The maximum atomic E-state index is 11.4. The van der Waals surface area contributed by atoms with Crippen molar-refractivity contribution in [2.45, 2.75) is 27.7 Å². The molecule has 0 aliphatic carbocycles. The molecule has 0 spiro atoms. The van der Waals surface area contributed by atoms with Crippen molar-refractivity contribution in [3.63, 3.8) is 0 Å². The van der Waals surface area contributed by atoms with Gasteiger partial charge in [0.2, 0.25) is 5.69 Å². The molecule has 38 heavy (non-hydrogen) atoms. The summed E-state index contributed by atoms with van der Waals surface area (Å²) in [6.07, 6.45) is 0. The van der Waals surface area contributed by atoms with Crippen molar-refractivity contribution >= 4 is 75.8 Å². The SMILES string of the molecule is CCOC(=O)c1nnc(Cl)cc1OCC.CCOc1ccc(NC(=S)Nc2ccc(OCC)cc2)cc1.[NaH]. The molecule has 2 aromatic carbocycles. The van der Waals surface area contributed by atoms with Crippen LogP contribution in [0.4, 0.5) is 11.4 Å². The fraction of sp³-hybridized carbons (Fsp3) is 0.308. The van der Waals surface area contributed by atoms with Gasteiger partial charge in [0.05, 0.1) is 26.4 Å². The average Bonchev–Trinajstić information content (AvgIpc) is 2.87. The fourth-order valence-electron chi connectivity index (χ4n) is 2.85. The molecule has 0 saturated heterocycles. The summed E-state index contributed by atoms with van der Waals surface area (Å²) in [5.41, 5.74) is 1.86. The van der Waals surface area contributed by atoms with Crippen molar-refractivity contribution < 1.29 is 23.7 Å². The van der Waals surface area contributed by atoms with Crippen molar-refractivity contribution in [1.29, 1.82) is 0 Å². The molecule has 3 aromatic rings. The number of esters is 1. The van der Waals surface area contributed by atoms with Gasteiger partial charge in [0.25, 0.3) is 0 Å². The van der Waals surface area contributed by atoms with Gasteiger partial charge < -0.3 is 29.6 Å². The summed E-state index contributed by atoms with van der Waals surface area (Å²) < 4.78 is 20.8. The zero-order chi connectivity index (χ0) is 27.0. The van der Waals surface area contributed by atoms with Crippen LogP contribution in [0.15, 0.2) is 54.6 Å². The van der Waals surface area contributed by atoms with Crippen LogP contribution in [-0.4, -0.2) is 77.3 Å². The van der Waals surface area contributed by atoms with E-state index >= 15 is 0 Å². The molecule has 2 N–H and O–H groups in total. The van der Waals surface area contributed by atoms with Gasteiger partial charge in [-0.3, -0.25) is 0 Å². The number of hydrogen-bond donors (Lipinski definition) is 2. The number of carbonyl (C=O) groups excluding carboxylic acids is 1. The van der Waals surface area contributed by atoms with Crippen molar-refractivity contribution in [3.05, 3.63) is 65.4 Å². The predicted octanol–water partition coefficient (Wildman–Crippen LogP) is 5.35. The molecular formula is C26H32ClN4NaO5S. The number of nitrogens with one attached hydrogen (secondary N) is 2. The molecule has 1 heterocycles. The Hall–Kier alpha value is -2.63. The van der Waals surface area contributed by atoms with Crippen LogP contribution in [0, 0.1) is 0 Å². The third-order valence-corrected chi connectivity index (χ3v) is 4.73. The Balaban J connectivity index is 0.000000397. The second kappa shape index (κ2) is 18.6. The summed E-state index contributed by atoms with van der Waals surface area (Å²) in [5.74, 6) is 1.41. The number of carbonyl (C=O) groups is 1. The van der Waals surface area contributed by atoms with E-state index in [0.29, 0.717) is 24.9 Å². The molecule has 0 amide bonds. The van der Waals surface area contributed by atoms with Crippen LogP contribution >= 0.6 is 23.8 Å². The molecule has 0 bridgehead atoms. The topological polar surface area (TPSA) is 104 Å². The Bertz CT molecular complexity index is 1080. The Morgan fingerprint density at radius 1 is 0.789 bits per heavy atom. The first kappa shape index (κ1) is 33.4. The number of benzene rings is 2. The van der Waals surface area contributed by atoms with Crippen LogP contribution in [0.2, 0.25) is 5.15 Å². The van der Waals surface area contributed by atoms with Gasteiger partial charge in [-0.25, -0.2) is 4.79 Å². The standard InChI is InChI=1S/C17H20N2O2S.C9H11ClN2O3.Na.H/c1-3-20-15-9-5-13(6-10-15)18-17(22)19-14-7-11-16(12-8-14)21-4-2;1-3-14-6-5-7(10)11-12-8(6)9(13)15-4-2;;/h5-12H,3-4H2,1-2H3,(H2,18,19,22);5H,3-4H2,1-2H3;;. The van der Waals surface area contributed by atoms with Crippen LogP contribution in [-0.2, 0) is 4.74 Å². The molecule has 0 aliphatic rings. The van der Waals surface area contributed by atoms with E-state index in [0.717, 1.165) is 22.9 Å². The average molecular weight is 571 g/mol. The molecule has 1 aromatic heterocycles. The van der Waals surface area contributed by atoms with Crippen LogP contribution in [0.3, 0.4) is 0 Å². The first-order valence-electron chi connectivity index (χ1n) is 11.8. The molecule has 0 radical (unpaired) electrons. The van der Waals surface area contributed by atoms with E-state index in [1.54, 1.807) is 13.8 Å². The van der Waals surface area contributed by atoms with Crippen molar-refractivity contribution in [2.24, 2.45) is 0 Å². The Labute approximate surface area is 255 Å². The summed E-state index contributed by atoms with van der Waals surface area (Å²) in [5, 5.41) is 14.2. The summed E-state index contributed by atoms with van der Waals surface area (Å²) >= 11 is 10.9. The van der Waals surface area contributed by atoms with E-state index < -0.39 is 5.97 Å². The van der Waals surface area contributed by atoms with E-state index in [2.05, 4.69) is 20.8 Å². The number of rotatable bonds is 10. The molecule has 0 unspecified atom stereocenters. The van der Waals surface area contributed by atoms with Gasteiger partial charge in [0, 0.05) is 17.4 Å². The van der Waals surface area contributed by atoms with Gasteiger partial charge in [-0.05, 0) is 88.4 Å². The second-order valence-corrected chi connectivity index (χ2v) is 7.82. The number of aromatic nitrogens is 2. The Morgan fingerprint density at radius 3 is 1.68 bits per heavy atom. The van der Waals surface area contributed by atoms with Crippen molar-refractivity contribution in [3.8, 4) is 17.2 Å². The number of hydrogen-bond acceptors (Lipinski definition) is 8. The normalized spacial score (nSPS) is 9.61. The third kappa shape index (κ3) is 11.8. The van der Waals surface area contributed by atoms with Gasteiger partial charge in [-0.15, -0.1) is 10.2 Å². The molecule has 12 heteroatoms. The number of anilines is 2. The van der Waals surface area contributed by atoms with Crippen LogP contribution in [0.25, 0.3) is 0 Å². The first-order valence-corrected chi connectivity index (χ1v) is 12.6. The van der Waals surface area contributed by atoms with Crippen molar-refractivity contribution in [1.82, 2.24) is 10.2 Å². The van der Waals surface area contributed by atoms with Crippen molar-refractivity contribution in [2.75, 3.05) is 37.1 Å². The number of thiocarbonyl (C=S) groups is 1. The quantitative estimate of drug-likeness (QED) is 0.188. The molecule has 9 nitrogen and oxygen atoms in total. The summed E-state index contributed by atoms with van der Waals surface area (Å²) in [6, 6.07) is 16.8. The van der Waals surface area contributed by atoms with E-state index in [9.17, 15) is 4.79 Å². The van der Waals surface area contributed by atoms with Crippen LogP contribution in [0.5, 0.6) is 17.2 Å². The van der Waals surface area contributed by atoms with Crippen LogP contribution in [0.1, 0.15) is 38.2 Å². The third-order valence-electron chi connectivity index (χ3n) is 4.34. The molecule has 0 atom stereocenters. The molecular weight excluding hydrogens is 539 g/mol. The summed E-state index contributed by atoms with van der Waals surface area (Å²) in [6.45, 7) is 9.42. The van der Waals surface area contributed by atoms with E-state index in [4.69, 9.17) is 42.8 Å². The zero-order valence-electron chi connectivity index (χ0n) is 21.2. The number of halogens is 1. The number of nitrogens with zero attached hydrogens (tertiary/aromatic N) is 2. The van der Waals surface area contributed by atoms with Crippen LogP contribution < -0.4 is 24.8 Å². The summed E-state index contributed by atoms with van der Waals surface area (Å²) in [4.78, 5) is 11.4. The van der Waals surface area contributed by atoms with E-state index in [1.165, 1.54) is 6.07 Å². The minimum atomic E-state index is -0.565. The number of ether oxygens (including phenoxy) is 4. The Morgan fingerprint density at radius 2 is 1.26 bits per heavy atom. The first-order chi connectivity index (χ1) is 17.9. The molecule has 200 valence electrons. The molecule has 0 fully saturated rings. The molecule has 0 saturated carbocycles. The van der Waals surface area contributed by atoms with Gasteiger partial charge in [0.1, 0.15) is 11.5 Å². The maximum absolute atomic E-state index is 11.4. The van der Waals surface area contributed by atoms with Gasteiger partial charge in [0.15, 0.2) is 16.0 Å². The minimum absolute atomic E-state index is 0. The molecule has 3 rings (SSSR count). The molecule has 0 aliphatic heterocycles. The summed E-state index contributed by atoms with van der Waals surface area (Å²) in [7, 11) is 0. The second-order valence-electron chi connectivity index (χ2n) is 7.03. The van der Waals surface area contributed by atoms with Gasteiger partial charge >= 0.3 is 35.5 Å². The van der Waals surface area contributed by atoms with Gasteiger partial charge in [-0.1, -0.05) is 11.6 Å². The van der Waals surface area contributed by atoms with E-state index in [-0.39, 0.29) is 52.8 Å². The van der Waals surface area contributed by atoms with Gasteiger partial charge in [-0.2, -0.15) is 0 Å². The predicted molar refractivity (Wildman–Crippen MR) is 156 cm³/mol. The zero-order valence-corrected chi connectivity index (χ0v) is 22.8. The monoisotopic (exact) mass is 570 g/mol. The Kier molecular flexibility index (Phi) is 16.3. The van der Waals surface area contributed by atoms with E-state index in [1.807, 2.05) is 62.4 Å².